The molecule has 2 aromatic rings. The molecule has 0 aliphatic heterocycles. The summed E-state index contributed by atoms with van der Waals surface area (Å²) in [5.74, 6) is -3.15. The Morgan fingerprint density at radius 1 is 1.52 bits per heavy atom. The highest BCUT2D eigenvalue weighted by Crippen LogP contribution is 2.11. The molecular weight excluding hydrogens is 353 g/mol. The van der Waals surface area contributed by atoms with Crippen molar-refractivity contribution in [3.05, 3.63) is 34.3 Å². The first kappa shape index (κ1) is 18.6. The number of oxime groups is 1. The smallest absolute Gasteiger partial charge is 0.476 e. The molecule has 0 aliphatic rings. The second-order valence-electron chi connectivity index (χ2n) is 4.72. The lowest BCUT2D eigenvalue weighted by Crippen LogP contribution is -2.51. The minimum absolute atomic E-state index is 0.0343. The van der Waals surface area contributed by atoms with Crippen molar-refractivity contribution < 1.29 is 29.6 Å². The summed E-state index contributed by atoms with van der Waals surface area (Å²) >= 11 is 1.26. The van der Waals surface area contributed by atoms with Crippen LogP contribution in [0.2, 0.25) is 0 Å². The van der Waals surface area contributed by atoms with E-state index in [9.17, 15) is 19.6 Å². The average molecular weight is 367 g/mol. The predicted octanol–water partition coefficient (Wildman–Crippen LogP) is -1.41. The zero-order valence-corrected chi connectivity index (χ0v) is 13.8. The van der Waals surface area contributed by atoms with Crippen molar-refractivity contribution in [3.63, 3.8) is 0 Å². The molecule has 132 valence electrons. The number of aromatic carboxylic acids is 1. The minimum Gasteiger partial charge on any atom is -0.476 e. The summed E-state index contributed by atoms with van der Waals surface area (Å²) in [5, 5.41) is 42.5. The van der Waals surface area contributed by atoms with E-state index in [0.29, 0.717) is 4.88 Å². The molecule has 0 saturated heterocycles. The Morgan fingerprint density at radius 3 is 2.80 bits per heavy atom. The number of carboxylic acids is 1. The van der Waals surface area contributed by atoms with E-state index in [1.807, 2.05) is 0 Å². The van der Waals surface area contributed by atoms with Crippen LogP contribution < -0.4 is 5.32 Å². The molecule has 0 aromatic carbocycles. The van der Waals surface area contributed by atoms with Gasteiger partial charge in [0.25, 0.3) is 5.91 Å². The molecule has 0 aliphatic carbocycles. The largest absolute Gasteiger partial charge is 0.477 e. The Morgan fingerprint density at radius 2 is 2.28 bits per heavy atom. The van der Waals surface area contributed by atoms with E-state index in [2.05, 4.69) is 25.6 Å². The molecule has 0 spiro atoms. The molecular formula is C12H14BN5O6S. The van der Waals surface area contributed by atoms with Crippen molar-refractivity contribution in [2.75, 3.05) is 7.11 Å². The number of aromatic nitrogens is 3. The van der Waals surface area contributed by atoms with Gasteiger partial charge in [-0.1, -0.05) is 16.4 Å². The quantitative estimate of drug-likeness (QED) is 0.251. The maximum absolute atomic E-state index is 12.4. The maximum Gasteiger partial charge on any atom is 0.477 e. The number of amides is 1. The molecule has 11 nitrogen and oxygen atoms in total. The number of nitrogens with one attached hydrogen (secondary N) is 1. The van der Waals surface area contributed by atoms with E-state index in [-0.39, 0.29) is 18.0 Å². The molecule has 4 N–H and O–H groups in total. The van der Waals surface area contributed by atoms with Crippen LogP contribution >= 0.6 is 11.3 Å². The van der Waals surface area contributed by atoms with Gasteiger partial charge in [-0.3, -0.25) is 9.48 Å². The Kier molecular flexibility index (Phi) is 6.22. The maximum atomic E-state index is 12.4. The third-order valence-electron chi connectivity index (χ3n) is 2.97. The van der Waals surface area contributed by atoms with Gasteiger partial charge >= 0.3 is 13.1 Å². The normalized spacial score (nSPS) is 12.5. The van der Waals surface area contributed by atoms with Crippen molar-refractivity contribution >= 4 is 36.0 Å². The first-order chi connectivity index (χ1) is 11.9. The van der Waals surface area contributed by atoms with E-state index >= 15 is 0 Å². The molecule has 13 heteroatoms. The average Bonchev–Trinajstić information content (AvgIpc) is 3.23. The van der Waals surface area contributed by atoms with E-state index in [1.165, 1.54) is 18.4 Å². The Hall–Kier alpha value is -2.77. The number of thiophene rings is 1. The van der Waals surface area contributed by atoms with Gasteiger partial charge in [0, 0.05) is 0 Å². The summed E-state index contributed by atoms with van der Waals surface area (Å²) in [5.41, 5.74) is -0.342. The summed E-state index contributed by atoms with van der Waals surface area (Å²) < 4.78 is 1.08. The van der Waals surface area contributed by atoms with E-state index in [4.69, 9.17) is 5.11 Å². The molecule has 2 rings (SSSR count). The van der Waals surface area contributed by atoms with Crippen LogP contribution in [0.4, 0.5) is 0 Å². The Labute approximate surface area is 145 Å². The SMILES string of the molecule is CO/N=C(\C(=O)NC(Cn1cc(C(=O)O)nn1)B(O)O)c1cccs1. The van der Waals surface area contributed by atoms with Crippen molar-refractivity contribution in [2.24, 2.45) is 5.16 Å². The second kappa shape index (κ2) is 8.37. The number of carbonyl (C=O) groups is 2. The van der Waals surface area contributed by atoms with Crippen LogP contribution in [0.5, 0.6) is 0 Å². The van der Waals surface area contributed by atoms with Gasteiger partial charge < -0.3 is 25.3 Å². The van der Waals surface area contributed by atoms with Crippen LogP contribution in [-0.2, 0) is 16.2 Å². The van der Waals surface area contributed by atoms with Crippen LogP contribution in [0.3, 0.4) is 0 Å². The van der Waals surface area contributed by atoms with E-state index < -0.39 is 24.9 Å². The van der Waals surface area contributed by atoms with Gasteiger partial charge in [0.2, 0.25) is 0 Å². The lowest BCUT2D eigenvalue weighted by atomic mass is 9.79. The fraction of sp³-hybridized carbons (Fsp3) is 0.250. The number of hydrogen-bond donors (Lipinski definition) is 4. The van der Waals surface area contributed by atoms with Crippen LogP contribution in [0.15, 0.2) is 28.9 Å². The first-order valence-corrected chi connectivity index (χ1v) is 7.75. The van der Waals surface area contributed by atoms with Gasteiger partial charge in [-0.25, -0.2) is 4.79 Å². The standard InChI is InChI=1S/C12H14BN5O6S/c1-24-16-10(8-3-2-4-25-8)11(19)14-9(13(22)23)6-18-5-7(12(20)21)15-17-18/h2-5,9,22-23H,6H2,1H3,(H,14,19)(H,20,21)/b16-10-. The number of hydrogen-bond acceptors (Lipinski definition) is 9. The zero-order chi connectivity index (χ0) is 18.4. The lowest BCUT2D eigenvalue weighted by Gasteiger charge is -2.17. The summed E-state index contributed by atoms with van der Waals surface area (Å²) in [6.45, 7) is -0.214. The highest BCUT2D eigenvalue weighted by molar-refractivity contribution is 7.13. The molecule has 1 unspecified atom stereocenters. The molecule has 1 amide bonds. The van der Waals surface area contributed by atoms with Crippen molar-refractivity contribution in [2.45, 2.75) is 12.5 Å². The molecule has 2 aromatic heterocycles. The summed E-state index contributed by atoms with van der Waals surface area (Å²) in [6.07, 6.45) is 1.10. The van der Waals surface area contributed by atoms with Crippen molar-refractivity contribution in [1.82, 2.24) is 20.3 Å². The molecule has 1 atom stereocenters. The lowest BCUT2D eigenvalue weighted by molar-refractivity contribution is -0.115. The van der Waals surface area contributed by atoms with Gasteiger partial charge in [0.15, 0.2) is 11.4 Å². The molecule has 25 heavy (non-hydrogen) atoms. The highest BCUT2D eigenvalue weighted by atomic mass is 32.1. The summed E-state index contributed by atoms with van der Waals surface area (Å²) in [7, 11) is -0.643. The predicted molar refractivity (Wildman–Crippen MR) is 87.0 cm³/mol. The van der Waals surface area contributed by atoms with Gasteiger partial charge in [-0.15, -0.1) is 16.4 Å². The third-order valence-corrected chi connectivity index (χ3v) is 3.85. The zero-order valence-electron chi connectivity index (χ0n) is 12.9. The molecule has 0 saturated carbocycles. The summed E-state index contributed by atoms with van der Waals surface area (Å²) in [6, 6.07) is 3.38. The monoisotopic (exact) mass is 367 g/mol. The van der Waals surface area contributed by atoms with Crippen LogP contribution in [0.1, 0.15) is 15.4 Å². The number of carbonyl (C=O) groups excluding carboxylic acids is 1. The molecule has 0 bridgehead atoms. The fourth-order valence-corrected chi connectivity index (χ4v) is 2.54. The van der Waals surface area contributed by atoms with Gasteiger partial charge in [0.05, 0.1) is 23.6 Å². The van der Waals surface area contributed by atoms with Gasteiger partial charge in [0.1, 0.15) is 7.11 Å². The van der Waals surface area contributed by atoms with E-state index in [1.54, 1.807) is 17.5 Å². The van der Waals surface area contributed by atoms with Gasteiger partial charge in [-0.2, -0.15) is 0 Å². The second-order valence-corrected chi connectivity index (χ2v) is 5.67. The van der Waals surface area contributed by atoms with Crippen molar-refractivity contribution in [1.29, 1.82) is 0 Å². The van der Waals surface area contributed by atoms with Crippen LogP contribution in [0, 0.1) is 0 Å². The van der Waals surface area contributed by atoms with Crippen molar-refractivity contribution in [3.8, 4) is 0 Å². The number of nitrogens with zero attached hydrogens (tertiary/aromatic N) is 4. The van der Waals surface area contributed by atoms with E-state index in [0.717, 1.165) is 10.9 Å². The molecule has 0 fully saturated rings. The fourth-order valence-electron chi connectivity index (χ4n) is 1.84. The Balaban J connectivity index is 2.13. The first-order valence-electron chi connectivity index (χ1n) is 6.87. The summed E-state index contributed by atoms with van der Waals surface area (Å²) in [4.78, 5) is 28.3. The van der Waals surface area contributed by atoms with Crippen LogP contribution in [0.25, 0.3) is 0 Å². The number of carboxylic acid groups (broad SMARTS) is 1. The van der Waals surface area contributed by atoms with Crippen LogP contribution in [-0.4, -0.2) is 67.9 Å². The third kappa shape index (κ3) is 4.85. The Bertz CT molecular complexity index is 762. The highest BCUT2D eigenvalue weighted by Gasteiger charge is 2.29. The topological polar surface area (TPSA) is 159 Å². The molecule has 0 radical (unpaired) electrons. The van der Waals surface area contributed by atoms with Gasteiger partial charge in [-0.05, 0) is 11.4 Å². The minimum atomic E-state index is -1.92. The number of rotatable bonds is 8. The molecule has 2 heterocycles.